The average molecular weight is 306 g/mol. The Hall–Kier alpha value is -1.61. The number of nitrogens with zero attached hydrogens (tertiary/aromatic N) is 3. The Labute approximate surface area is 119 Å². The number of alkyl halides is 3. The zero-order valence-electron chi connectivity index (χ0n) is 11.7. The predicted octanol–water partition coefficient (Wildman–Crippen LogP) is 0.206. The maximum atomic E-state index is 12.8. The van der Waals surface area contributed by atoms with Crippen molar-refractivity contribution in [3.05, 3.63) is 18.0 Å². The molecule has 6 nitrogen and oxygen atoms in total. The van der Waals surface area contributed by atoms with Crippen molar-refractivity contribution in [2.75, 3.05) is 20.1 Å². The minimum absolute atomic E-state index is 0.132. The molecule has 1 aliphatic rings. The first-order chi connectivity index (χ1) is 9.68. The van der Waals surface area contributed by atoms with Crippen molar-refractivity contribution in [1.82, 2.24) is 20.0 Å². The molecule has 1 saturated heterocycles. The number of likely N-dealkylation sites (N-methyl/N-ethyl adjacent to an activating group) is 1. The van der Waals surface area contributed by atoms with E-state index in [2.05, 4.69) is 10.4 Å². The summed E-state index contributed by atoms with van der Waals surface area (Å²) in [6.45, 7) is -0.874. The predicted molar refractivity (Wildman–Crippen MR) is 67.2 cm³/mol. The third kappa shape index (κ3) is 2.88. The van der Waals surface area contributed by atoms with E-state index in [1.165, 1.54) is 10.9 Å². The van der Waals surface area contributed by atoms with E-state index in [-0.39, 0.29) is 6.54 Å². The van der Waals surface area contributed by atoms with Crippen molar-refractivity contribution in [3.63, 3.8) is 0 Å². The lowest BCUT2D eigenvalue weighted by molar-refractivity contribution is -0.253. The number of rotatable bonds is 3. The highest BCUT2D eigenvalue weighted by Gasteiger charge is 2.58. The summed E-state index contributed by atoms with van der Waals surface area (Å²) in [6.07, 6.45) is -2.16. The van der Waals surface area contributed by atoms with Crippen LogP contribution in [0.1, 0.15) is 18.0 Å². The molecule has 118 valence electrons. The monoisotopic (exact) mass is 306 g/mol. The van der Waals surface area contributed by atoms with Gasteiger partial charge in [0.2, 0.25) is 5.91 Å². The van der Waals surface area contributed by atoms with Crippen molar-refractivity contribution < 1.29 is 23.1 Å². The second kappa shape index (κ2) is 5.30. The van der Waals surface area contributed by atoms with Crippen LogP contribution in [0.15, 0.2) is 12.4 Å². The molecule has 2 N–H and O–H groups in total. The Kier molecular flexibility index (Phi) is 3.98. The summed E-state index contributed by atoms with van der Waals surface area (Å²) in [5.74, 6) is -0.509. The Morgan fingerprint density at radius 1 is 1.57 bits per heavy atom. The van der Waals surface area contributed by atoms with E-state index in [1.807, 2.05) is 0 Å². The summed E-state index contributed by atoms with van der Waals surface area (Å²) in [4.78, 5) is 13.4. The second-order valence-electron chi connectivity index (χ2n) is 5.21. The van der Waals surface area contributed by atoms with Gasteiger partial charge in [-0.3, -0.25) is 9.48 Å². The summed E-state index contributed by atoms with van der Waals surface area (Å²) < 4.78 is 39.8. The lowest BCUT2D eigenvalue weighted by atomic mass is 10.0. The second-order valence-corrected chi connectivity index (χ2v) is 5.21. The van der Waals surface area contributed by atoms with Gasteiger partial charge in [-0.25, -0.2) is 0 Å². The van der Waals surface area contributed by atoms with Crippen LogP contribution in [0.4, 0.5) is 13.2 Å². The number of β-amino-alcohol motifs (C(OH)–C–C–N with tert-alkyl or cyclic N) is 1. The molecule has 1 aromatic heterocycles. The number of hydrogen-bond acceptors (Lipinski definition) is 4. The zero-order chi connectivity index (χ0) is 15.8. The first kappa shape index (κ1) is 15.8. The maximum Gasteiger partial charge on any atom is 0.419 e. The third-order valence-corrected chi connectivity index (χ3v) is 3.68. The van der Waals surface area contributed by atoms with Crippen molar-refractivity contribution >= 4 is 5.91 Å². The Balaban J connectivity index is 2.14. The molecule has 0 bridgehead atoms. The SMILES string of the molecule is CNC(C(=O)N1CCC(O)(C(F)(F)F)C1)c1cnn(C)c1. The third-order valence-electron chi connectivity index (χ3n) is 3.68. The van der Waals surface area contributed by atoms with Crippen molar-refractivity contribution in [2.45, 2.75) is 24.2 Å². The number of carbonyl (C=O) groups excluding carboxylic acids is 1. The Morgan fingerprint density at radius 2 is 2.24 bits per heavy atom. The minimum atomic E-state index is -4.74. The van der Waals surface area contributed by atoms with Gasteiger partial charge in [0.05, 0.1) is 12.7 Å². The first-order valence-electron chi connectivity index (χ1n) is 6.41. The summed E-state index contributed by atoms with van der Waals surface area (Å²) in [5, 5.41) is 16.3. The largest absolute Gasteiger partial charge is 0.419 e. The normalized spacial score (nSPS) is 24.4. The van der Waals surface area contributed by atoms with E-state index in [0.29, 0.717) is 5.56 Å². The number of aliphatic hydroxyl groups is 1. The molecule has 1 fully saturated rings. The lowest BCUT2D eigenvalue weighted by Crippen LogP contribution is -2.49. The van der Waals surface area contributed by atoms with Crippen LogP contribution in [0.5, 0.6) is 0 Å². The van der Waals surface area contributed by atoms with Gasteiger partial charge < -0.3 is 15.3 Å². The topological polar surface area (TPSA) is 70.4 Å². The minimum Gasteiger partial charge on any atom is -0.379 e. The fraction of sp³-hybridized carbons (Fsp3) is 0.667. The van der Waals surface area contributed by atoms with E-state index < -0.39 is 36.7 Å². The van der Waals surface area contributed by atoms with Gasteiger partial charge in [0.25, 0.3) is 0 Å². The van der Waals surface area contributed by atoms with E-state index in [9.17, 15) is 23.1 Å². The van der Waals surface area contributed by atoms with Gasteiger partial charge in [-0.15, -0.1) is 0 Å². The van der Waals surface area contributed by atoms with Crippen LogP contribution in [0.3, 0.4) is 0 Å². The van der Waals surface area contributed by atoms with Crippen LogP contribution in [0, 0.1) is 0 Å². The molecular formula is C12H17F3N4O2. The summed E-state index contributed by atoms with van der Waals surface area (Å²) in [5.41, 5.74) is -2.26. The Morgan fingerprint density at radius 3 is 2.67 bits per heavy atom. The van der Waals surface area contributed by atoms with Crippen LogP contribution < -0.4 is 5.32 Å². The molecule has 0 spiro atoms. The van der Waals surface area contributed by atoms with Crippen molar-refractivity contribution in [2.24, 2.45) is 7.05 Å². The molecule has 2 unspecified atom stereocenters. The van der Waals surface area contributed by atoms with Crippen LogP contribution in [0.25, 0.3) is 0 Å². The van der Waals surface area contributed by atoms with Crippen LogP contribution in [-0.4, -0.2) is 57.6 Å². The number of likely N-dealkylation sites (tertiary alicyclic amines) is 1. The van der Waals surface area contributed by atoms with Gasteiger partial charge in [-0.05, 0) is 7.05 Å². The van der Waals surface area contributed by atoms with Crippen molar-refractivity contribution in [1.29, 1.82) is 0 Å². The molecule has 21 heavy (non-hydrogen) atoms. The van der Waals surface area contributed by atoms with Gasteiger partial charge in [0.15, 0.2) is 5.60 Å². The summed E-state index contributed by atoms with van der Waals surface area (Å²) >= 11 is 0. The fourth-order valence-corrected chi connectivity index (χ4v) is 2.42. The molecule has 2 rings (SSSR count). The van der Waals surface area contributed by atoms with Gasteiger partial charge in [-0.2, -0.15) is 18.3 Å². The van der Waals surface area contributed by atoms with E-state index in [0.717, 1.165) is 4.90 Å². The average Bonchev–Trinajstić information content (AvgIpc) is 2.97. The molecule has 9 heteroatoms. The first-order valence-corrected chi connectivity index (χ1v) is 6.41. The standard InChI is InChI=1S/C12H17F3N4O2/c1-16-9(8-5-17-18(2)6-8)10(20)19-4-3-11(21,7-19)12(13,14)15/h5-6,9,16,21H,3-4,7H2,1-2H3. The number of hydrogen-bond donors (Lipinski definition) is 2. The number of aromatic nitrogens is 2. The molecule has 1 aliphatic heterocycles. The molecule has 0 aromatic carbocycles. The Bertz CT molecular complexity index is 531. The van der Waals surface area contributed by atoms with Gasteiger partial charge in [0, 0.05) is 31.8 Å². The maximum absolute atomic E-state index is 12.8. The number of halogens is 3. The van der Waals surface area contributed by atoms with Crippen LogP contribution in [-0.2, 0) is 11.8 Å². The molecule has 2 atom stereocenters. The fourth-order valence-electron chi connectivity index (χ4n) is 2.42. The van der Waals surface area contributed by atoms with Gasteiger partial charge >= 0.3 is 6.18 Å². The van der Waals surface area contributed by atoms with E-state index in [1.54, 1.807) is 20.3 Å². The number of amides is 1. The van der Waals surface area contributed by atoms with E-state index in [4.69, 9.17) is 0 Å². The van der Waals surface area contributed by atoms with Gasteiger partial charge in [-0.1, -0.05) is 0 Å². The molecule has 1 amide bonds. The number of nitrogens with one attached hydrogen (secondary N) is 1. The summed E-state index contributed by atoms with van der Waals surface area (Å²) in [7, 11) is 3.22. The van der Waals surface area contributed by atoms with Crippen LogP contribution in [0.2, 0.25) is 0 Å². The smallest absolute Gasteiger partial charge is 0.379 e. The highest BCUT2D eigenvalue weighted by Crippen LogP contribution is 2.38. The zero-order valence-corrected chi connectivity index (χ0v) is 11.7. The molecular weight excluding hydrogens is 289 g/mol. The number of aryl methyl sites for hydroxylation is 1. The lowest BCUT2D eigenvalue weighted by Gasteiger charge is -2.27. The summed E-state index contributed by atoms with van der Waals surface area (Å²) in [6, 6.07) is -0.783. The molecule has 0 aliphatic carbocycles. The number of carbonyl (C=O) groups is 1. The molecule has 0 saturated carbocycles. The molecule has 2 heterocycles. The van der Waals surface area contributed by atoms with Crippen molar-refractivity contribution in [3.8, 4) is 0 Å². The molecule has 0 radical (unpaired) electrons. The van der Waals surface area contributed by atoms with E-state index >= 15 is 0 Å². The molecule has 1 aromatic rings. The quantitative estimate of drug-likeness (QED) is 0.837. The van der Waals surface area contributed by atoms with Gasteiger partial charge in [0.1, 0.15) is 6.04 Å². The highest BCUT2D eigenvalue weighted by molar-refractivity contribution is 5.83. The highest BCUT2D eigenvalue weighted by atomic mass is 19.4. The van der Waals surface area contributed by atoms with Crippen LogP contribution >= 0.6 is 0 Å².